The number of fused-ring (bicyclic) bond motifs is 1. The molecule has 2 aromatic rings. The summed E-state index contributed by atoms with van der Waals surface area (Å²) in [7, 11) is 2.94. The van der Waals surface area contributed by atoms with Crippen LogP contribution in [-0.4, -0.2) is 37.3 Å². The summed E-state index contributed by atoms with van der Waals surface area (Å²) < 4.78 is 5.44. The maximum atomic E-state index is 12.7. The number of anilines is 1. The van der Waals surface area contributed by atoms with Crippen LogP contribution in [0.15, 0.2) is 54.6 Å². The molecule has 2 aromatic carbocycles. The summed E-state index contributed by atoms with van der Waals surface area (Å²) in [6.45, 7) is 0.152. The lowest BCUT2D eigenvalue weighted by atomic mass is 10.1. The predicted octanol–water partition coefficient (Wildman–Crippen LogP) is 2.77. The maximum absolute atomic E-state index is 12.7. The smallest absolute Gasteiger partial charge is 0.415 e. The van der Waals surface area contributed by atoms with E-state index in [0.717, 1.165) is 16.2 Å². The summed E-state index contributed by atoms with van der Waals surface area (Å²) in [6.07, 6.45) is -0.111. The largest absolute Gasteiger partial charge is 0.444 e. The van der Waals surface area contributed by atoms with Crippen LogP contribution < -0.4 is 4.90 Å². The molecule has 0 saturated heterocycles. The van der Waals surface area contributed by atoms with Gasteiger partial charge in [0.05, 0.1) is 12.8 Å². The van der Waals surface area contributed by atoms with Gasteiger partial charge in [-0.1, -0.05) is 48.5 Å². The van der Waals surface area contributed by atoms with Crippen molar-refractivity contribution in [3.63, 3.8) is 0 Å². The van der Waals surface area contributed by atoms with E-state index in [1.165, 1.54) is 19.1 Å². The van der Waals surface area contributed by atoms with Crippen molar-refractivity contribution in [2.24, 2.45) is 0 Å². The molecule has 25 heavy (non-hydrogen) atoms. The third-order valence-electron chi connectivity index (χ3n) is 4.25. The molecule has 0 radical (unpaired) electrons. The zero-order chi connectivity index (χ0) is 17.8. The topological polar surface area (TPSA) is 59.1 Å². The van der Waals surface area contributed by atoms with E-state index >= 15 is 0 Å². The normalized spacial score (nSPS) is 15.6. The number of benzene rings is 2. The second-order valence-electron chi connectivity index (χ2n) is 5.78. The first-order chi connectivity index (χ1) is 12.1. The number of rotatable bonds is 4. The fourth-order valence-electron chi connectivity index (χ4n) is 2.90. The highest BCUT2D eigenvalue weighted by molar-refractivity contribution is 6.00. The molecular weight excluding hydrogens is 320 g/mol. The minimum atomic E-state index is -0.675. The summed E-state index contributed by atoms with van der Waals surface area (Å²) in [4.78, 5) is 31.7. The minimum Gasteiger partial charge on any atom is -0.444 e. The third-order valence-corrected chi connectivity index (χ3v) is 4.25. The molecule has 1 atom stereocenters. The van der Waals surface area contributed by atoms with Crippen LogP contribution in [-0.2, 0) is 27.4 Å². The Bertz CT molecular complexity index is 763. The first-order valence-corrected chi connectivity index (χ1v) is 8.01. The fourth-order valence-corrected chi connectivity index (χ4v) is 2.90. The van der Waals surface area contributed by atoms with E-state index in [4.69, 9.17) is 9.57 Å². The van der Waals surface area contributed by atoms with Crippen molar-refractivity contribution < 1.29 is 19.2 Å². The van der Waals surface area contributed by atoms with Crippen LogP contribution in [0.25, 0.3) is 0 Å². The van der Waals surface area contributed by atoms with Gasteiger partial charge in [-0.25, -0.2) is 9.86 Å². The van der Waals surface area contributed by atoms with Crippen molar-refractivity contribution in [2.75, 3.05) is 19.1 Å². The highest BCUT2D eigenvalue weighted by Gasteiger charge is 2.40. The van der Waals surface area contributed by atoms with E-state index in [1.54, 1.807) is 0 Å². The Kier molecular flexibility index (Phi) is 5.00. The standard InChI is InChI=1S/C19H20N2O4/c1-20(24-2)18(22)17-12-15-10-6-7-11-16(15)21(17)19(23)25-13-14-8-4-3-5-9-14/h3-11,17H,12-13H2,1-2H3. The van der Waals surface area contributed by atoms with Crippen LogP contribution in [0.3, 0.4) is 0 Å². The minimum absolute atomic E-state index is 0.152. The number of amides is 2. The predicted molar refractivity (Wildman–Crippen MR) is 92.8 cm³/mol. The van der Waals surface area contributed by atoms with Gasteiger partial charge in [-0.3, -0.25) is 14.5 Å². The molecule has 0 fully saturated rings. The molecule has 1 heterocycles. The molecule has 0 N–H and O–H groups in total. The van der Waals surface area contributed by atoms with E-state index in [9.17, 15) is 9.59 Å². The molecule has 3 rings (SSSR count). The van der Waals surface area contributed by atoms with Crippen molar-refractivity contribution in [1.82, 2.24) is 5.06 Å². The van der Waals surface area contributed by atoms with E-state index in [-0.39, 0.29) is 12.5 Å². The zero-order valence-electron chi connectivity index (χ0n) is 14.2. The summed E-state index contributed by atoms with van der Waals surface area (Å²) in [5.41, 5.74) is 2.52. The monoisotopic (exact) mass is 340 g/mol. The van der Waals surface area contributed by atoms with Gasteiger partial charge in [0.25, 0.3) is 5.91 Å². The molecule has 2 amide bonds. The van der Waals surface area contributed by atoms with Gasteiger partial charge in [-0.2, -0.15) is 0 Å². The lowest BCUT2D eigenvalue weighted by molar-refractivity contribution is -0.169. The van der Waals surface area contributed by atoms with Crippen molar-refractivity contribution in [2.45, 2.75) is 19.1 Å². The Balaban J connectivity index is 1.81. The lowest BCUT2D eigenvalue weighted by Crippen LogP contribution is -2.48. The number of hydroxylamine groups is 2. The summed E-state index contributed by atoms with van der Waals surface area (Å²) >= 11 is 0. The average molecular weight is 340 g/mol. The first kappa shape index (κ1) is 17.0. The number of carbonyl (C=O) groups excluding carboxylic acids is 2. The highest BCUT2D eigenvalue weighted by Crippen LogP contribution is 2.33. The molecule has 130 valence electrons. The lowest BCUT2D eigenvalue weighted by Gasteiger charge is -2.26. The first-order valence-electron chi connectivity index (χ1n) is 8.01. The van der Waals surface area contributed by atoms with Crippen molar-refractivity contribution in [3.8, 4) is 0 Å². The van der Waals surface area contributed by atoms with Gasteiger partial charge in [0.15, 0.2) is 0 Å². The summed E-state index contributed by atoms with van der Waals surface area (Å²) in [5.74, 6) is -0.296. The van der Waals surface area contributed by atoms with Crippen LogP contribution in [0, 0.1) is 0 Å². The molecular formula is C19H20N2O4. The van der Waals surface area contributed by atoms with Crippen molar-refractivity contribution in [3.05, 3.63) is 65.7 Å². The Morgan fingerprint density at radius 3 is 2.52 bits per heavy atom. The van der Waals surface area contributed by atoms with Crippen LogP contribution in [0.5, 0.6) is 0 Å². The molecule has 6 heteroatoms. The maximum Gasteiger partial charge on any atom is 0.415 e. The van der Waals surface area contributed by atoms with Crippen LogP contribution in [0.1, 0.15) is 11.1 Å². The number of para-hydroxylation sites is 1. The van der Waals surface area contributed by atoms with Crippen molar-refractivity contribution in [1.29, 1.82) is 0 Å². The summed E-state index contributed by atoms with van der Waals surface area (Å²) in [5, 5.41) is 1.13. The van der Waals surface area contributed by atoms with Crippen LogP contribution in [0.4, 0.5) is 10.5 Å². The van der Waals surface area contributed by atoms with Crippen LogP contribution >= 0.6 is 0 Å². The number of likely N-dealkylation sites (N-methyl/N-ethyl adjacent to an activating group) is 1. The number of carbonyl (C=O) groups is 2. The fraction of sp³-hybridized carbons (Fsp3) is 0.263. The SMILES string of the molecule is CON(C)C(=O)C1Cc2ccccc2N1C(=O)OCc1ccccc1. The van der Waals surface area contributed by atoms with E-state index in [1.807, 2.05) is 54.6 Å². The van der Waals surface area contributed by atoms with E-state index in [0.29, 0.717) is 12.1 Å². The van der Waals surface area contributed by atoms with Gasteiger partial charge < -0.3 is 4.74 Å². The molecule has 1 aliphatic rings. The zero-order valence-corrected chi connectivity index (χ0v) is 14.2. The van der Waals surface area contributed by atoms with Crippen molar-refractivity contribution >= 4 is 17.7 Å². The second kappa shape index (κ2) is 7.36. The molecule has 6 nitrogen and oxygen atoms in total. The molecule has 0 saturated carbocycles. The number of nitrogens with zero attached hydrogens (tertiary/aromatic N) is 2. The molecule has 0 aromatic heterocycles. The quantitative estimate of drug-likeness (QED) is 0.803. The molecule has 0 spiro atoms. The third kappa shape index (κ3) is 3.49. The van der Waals surface area contributed by atoms with Gasteiger partial charge >= 0.3 is 6.09 Å². The van der Waals surface area contributed by atoms with Gasteiger partial charge in [0, 0.05) is 13.5 Å². The highest BCUT2D eigenvalue weighted by atomic mass is 16.7. The molecule has 1 unspecified atom stereocenters. The number of ether oxygens (including phenoxy) is 1. The van der Waals surface area contributed by atoms with Gasteiger partial charge in [0.1, 0.15) is 12.6 Å². The Labute approximate surface area is 146 Å². The van der Waals surface area contributed by atoms with Gasteiger partial charge in [0.2, 0.25) is 0 Å². The second-order valence-corrected chi connectivity index (χ2v) is 5.78. The Morgan fingerprint density at radius 2 is 1.80 bits per heavy atom. The molecule has 0 aliphatic carbocycles. The molecule has 1 aliphatic heterocycles. The van der Waals surface area contributed by atoms with Crippen LogP contribution in [0.2, 0.25) is 0 Å². The van der Waals surface area contributed by atoms with Gasteiger partial charge in [-0.05, 0) is 17.2 Å². The Hall–Kier alpha value is -2.86. The summed E-state index contributed by atoms with van der Waals surface area (Å²) in [6, 6.07) is 16.2. The Morgan fingerprint density at radius 1 is 1.12 bits per heavy atom. The molecule has 0 bridgehead atoms. The van der Waals surface area contributed by atoms with E-state index in [2.05, 4.69) is 0 Å². The average Bonchev–Trinajstić information content (AvgIpc) is 3.05. The number of hydrogen-bond donors (Lipinski definition) is 0. The number of hydrogen-bond acceptors (Lipinski definition) is 4. The van der Waals surface area contributed by atoms with Gasteiger partial charge in [-0.15, -0.1) is 0 Å². The van der Waals surface area contributed by atoms with E-state index < -0.39 is 12.1 Å².